The van der Waals surface area contributed by atoms with Gasteiger partial charge in [-0.1, -0.05) is 36.4 Å². The normalized spacial score (nSPS) is 21.5. The highest BCUT2D eigenvalue weighted by Gasteiger charge is 2.32. The fourth-order valence-corrected chi connectivity index (χ4v) is 4.90. The lowest BCUT2D eigenvalue weighted by atomic mass is 9.90. The lowest BCUT2D eigenvalue weighted by Crippen LogP contribution is -2.46. The molecular formula is C24H31ClN2O2. The minimum Gasteiger partial charge on any atom is -0.481 e. The number of hydrogen-bond donors (Lipinski definition) is 1. The number of benzene rings is 2. The van der Waals surface area contributed by atoms with Gasteiger partial charge in [0, 0.05) is 30.5 Å². The summed E-state index contributed by atoms with van der Waals surface area (Å²) in [6.07, 6.45) is 4.97. The van der Waals surface area contributed by atoms with Crippen LogP contribution in [0.1, 0.15) is 37.3 Å². The number of para-hydroxylation sites is 2. The van der Waals surface area contributed by atoms with Crippen molar-refractivity contribution >= 4 is 29.8 Å². The Bertz CT molecular complexity index is 794. The number of fused-ring (bicyclic) bond motifs is 2. The summed E-state index contributed by atoms with van der Waals surface area (Å²) in [5.74, 6) is -0.874. The Morgan fingerprint density at radius 1 is 1.00 bits per heavy atom. The summed E-state index contributed by atoms with van der Waals surface area (Å²) in [7, 11) is 0. The van der Waals surface area contributed by atoms with Crippen LogP contribution in [0.3, 0.4) is 0 Å². The first kappa shape index (κ1) is 21.7. The Morgan fingerprint density at radius 2 is 1.59 bits per heavy atom. The first-order valence-corrected chi connectivity index (χ1v) is 10.6. The van der Waals surface area contributed by atoms with Crippen molar-refractivity contribution in [3.63, 3.8) is 0 Å². The van der Waals surface area contributed by atoms with Gasteiger partial charge in [0.25, 0.3) is 0 Å². The number of nitrogens with zero attached hydrogens (tertiary/aromatic N) is 2. The van der Waals surface area contributed by atoms with Crippen LogP contribution in [-0.2, 0) is 17.6 Å². The molecule has 2 unspecified atom stereocenters. The van der Waals surface area contributed by atoms with Crippen molar-refractivity contribution in [3.05, 3.63) is 59.7 Å². The Labute approximate surface area is 179 Å². The Morgan fingerprint density at radius 3 is 2.17 bits per heavy atom. The number of carboxylic acids is 1. The molecule has 0 aromatic heterocycles. The number of rotatable bonds is 5. The molecule has 2 aliphatic heterocycles. The lowest BCUT2D eigenvalue weighted by Gasteiger charge is -2.38. The molecule has 2 aliphatic rings. The molecule has 0 saturated carbocycles. The number of carboxylic acid groups (broad SMARTS) is 1. The Kier molecular flexibility index (Phi) is 7.20. The Hall–Kier alpha value is -2.04. The molecule has 5 heteroatoms. The molecule has 2 aromatic rings. The van der Waals surface area contributed by atoms with Crippen molar-refractivity contribution in [2.24, 2.45) is 5.92 Å². The maximum atomic E-state index is 11.5. The summed E-state index contributed by atoms with van der Waals surface area (Å²) in [6.45, 7) is 4.99. The van der Waals surface area contributed by atoms with Crippen molar-refractivity contribution in [2.45, 2.75) is 45.1 Å². The molecule has 4 nitrogen and oxygen atoms in total. The van der Waals surface area contributed by atoms with Gasteiger partial charge in [-0.25, -0.2) is 0 Å². The van der Waals surface area contributed by atoms with E-state index in [1.807, 2.05) is 0 Å². The van der Waals surface area contributed by atoms with Crippen molar-refractivity contribution < 1.29 is 9.90 Å². The first-order chi connectivity index (χ1) is 13.6. The molecule has 0 radical (unpaired) electrons. The summed E-state index contributed by atoms with van der Waals surface area (Å²) in [4.78, 5) is 16.4. The summed E-state index contributed by atoms with van der Waals surface area (Å²) in [5, 5.41) is 9.47. The summed E-state index contributed by atoms with van der Waals surface area (Å²) in [6, 6.07) is 17.6. The molecule has 156 valence electrons. The van der Waals surface area contributed by atoms with Crippen molar-refractivity contribution in [2.75, 3.05) is 24.5 Å². The van der Waals surface area contributed by atoms with Gasteiger partial charge in [0.2, 0.25) is 0 Å². The largest absolute Gasteiger partial charge is 0.481 e. The van der Waals surface area contributed by atoms with E-state index in [0.29, 0.717) is 0 Å². The van der Waals surface area contributed by atoms with E-state index in [4.69, 9.17) is 0 Å². The lowest BCUT2D eigenvalue weighted by molar-refractivity contribution is -0.145. The fourth-order valence-electron chi connectivity index (χ4n) is 4.90. The summed E-state index contributed by atoms with van der Waals surface area (Å²) < 4.78 is 0. The van der Waals surface area contributed by atoms with Gasteiger partial charge < -0.3 is 10.0 Å². The van der Waals surface area contributed by atoms with Crippen molar-refractivity contribution in [3.8, 4) is 0 Å². The number of carbonyl (C=O) groups is 1. The topological polar surface area (TPSA) is 43.8 Å². The summed E-state index contributed by atoms with van der Waals surface area (Å²) >= 11 is 0. The van der Waals surface area contributed by atoms with Gasteiger partial charge in [-0.15, -0.1) is 12.4 Å². The monoisotopic (exact) mass is 414 g/mol. The molecule has 0 spiro atoms. The highest BCUT2D eigenvalue weighted by atomic mass is 35.5. The predicted octanol–water partition coefficient (Wildman–Crippen LogP) is 4.92. The molecule has 1 saturated heterocycles. The third-order valence-electron chi connectivity index (χ3n) is 6.49. The molecule has 29 heavy (non-hydrogen) atoms. The Balaban J connectivity index is 0.00000240. The number of anilines is 2. The standard InChI is InChI=1S/C24H30N2O2.ClH/c1-18-21(24(27)28)10-6-15-25(18)16-7-17-26-22-11-4-2-8-19(22)13-14-20-9-3-5-12-23(20)26;/h2-5,8-9,11-12,18,21H,6-7,10,13-17H2,1H3,(H,27,28);1H. The molecule has 0 amide bonds. The molecular weight excluding hydrogens is 384 g/mol. The van der Waals surface area contributed by atoms with Crippen LogP contribution in [0.2, 0.25) is 0 Å². The second kappa shape index (κ2) is 9.64. The van der Waals surface area contributed by atoms with Crippen LogP contribution in [0.25, 0.3) is 0 Å². The SMILES string of the molecule is CC1C(C(=O)O)CCCN1CCCN1c2ccccc2CCc2ccccc21.Cl. The number of piperidine rings is 1. The summed E-state index contributed by atoms with van der Waals surface area (Å²) in [5.41, 5.74) is 5.47. The van der Waals surface area contributed by atoms with Crippen LogP contribution in [0.4, 0.5) is 11.4 Å². The van der Waals surface area contributed by atoms with Gasteiger partial charge in [-0.2, -0.15) is 0 Å². The van der Waals surface area contributed by atoms with Gasteiger partial charge in [0.1, 0.15) is 0 Å². The van der Waals surface area contributed by atoms with Gasteiger partial charge >= 0.3 is 5.97 Å². The number of aliphatic carboxylic acids is 1. The predicted molar refractivity (Wildman–Crippen MR) is 121 cm³/mol. The zero-order valence-electron chi connectivity index (χ0n) is 17.1. The van der Waals surface area contributed by atoms with E-state index < -0.39 is 5.97 Å². The second-order valence-electron chi connectivity index (χ2n) is 8.13. The first-order valence-electron chi connectivity index (χ1n) is 10.6. The number of halogens is 1. The van der Waals surface area contributed by atoms with Gasteiger partial charge in [-0.05, 0) is 68.8 Å². The molecule has 2 aromatic carbocycles. The molecule has 1 fully saturated rings. The second-order valence-corrected chi connectivity index (χ2v) is 8.13. The van der Waals surface area contributed by atoms with E-state index in [0.717, 1.165) is 51.7 Å². The zero-order valence-corrected chi connectivity index (χ0v) is 17.9. The third kappa shape index (κ3) is 4.59. The number of likely N-dealkylation sites (tertiary alicyclic amines) is 1. The van der Waals surface area contributed by atoms with Gasteiger partial charge in [0.15, 0.2) is 0 Å². The average molecular weight is 415 g/mol. The highest BCUT2D eigenvalue weighted by Crippen LogP contribution is 2.36. The van der Waals surface area contributed by atoms with Crippen LogP contribution in [0.15, 0.2) is 48.5 Å². The van der Waals surface area contributed by atoms with E-state index in [-0.39, 0.29) is 24.4 Å². The van der Waals surface area contributed by atoms with Crippen molar-refractivity contribution in [1.29, 1.82) is 0 Å². The zero-order chi connectivity index (χ0) is 19.5. The van der Waals surface area contributed by atoms with Crippen LogP contribution >= 0.6 is 12.4 Å². The smallest absolute Gasteiger partial charge is 0.308 e. The van der Waals surface area contributed by atoms with E-state index in [9.17, 15) is 9.90 Å². The van der Waals surface area contributed by atoms with Crippen molar-refractivity contribution in [1.82, 2.24) is 4.90 Å². The fraction of sp³-hybridized carbons (Fsp3) is 0.458. The van der Waals surface area contributed by atoms with Crippen LogP contribution in [-0.4, -0.2) is 41.7 Å². The van der Waals surface area contributed by atoms with E-state index >= 15 is 0 Å². The molecule has 2 atom stereocenters. The molecule has 1 N–H and O–H groups in total. The molecule has 0 aliphatic carbocycles. The van der Waals surface area contributed by atoms with Gasteiger partial charge in [-0.3, -0.25) is 9.69 Å². The van der Waals surface area contributed by atoms with Crippen LogP contribution in [0, 0.1) is 5.92 Å². The van der Waals surface area contributed by atoms with E-state index in [1.165, 1.54) is 22.5 Å². The highest BCUT2D eigenvalue weighted by molar-refractivity contribution is 5.85. The maximum Gasteiger partial charge on any atom is 0.308 e. The number of aryl methyl sites for hydroxylation is 2. The molecule has 2 heterocycles. The van der Waals surface area contributed by atoms with Crippen LogP contribution in [0.5, 0.6) is 0 Å². The molecule has 4 rings (SSSR count). The quantitative estimate of drug-likeness (QED) is 0.754. The third-order valence-corrected chi connectivity index (χ3v) is 6.49. The van der Waals surface area contributed by atoms with Crippen LogP contribution < -0.4 is 4.90 Å². The van der Waals surface area contributed by atoms with E-state index in [2.05, 4.69) is 65.3 Å². The maximum absolute atomic E-state index is 11.5. The van der Waals surface area contributed by atoms with E-state index in [1.54, 1.807) is 0 Å². The average Bonchev–Trinajstić information content (AvgIpc) is 2.86. The minimum absolute atomic E-state index is 0. The molecule has 0 bridgehead atoms. The minimum atomic E-state index is -0.646. The van der Waals surface area contributed by atoms with Gasteiger partial charge in [0.05, 0.1) is 5.92 Å². The number of hydrogen-bond acceptors (Lipinski definition) is 3.